The second-order valence-electron chi connectivity index (χ2n) is 6.75. The number of halogens is 1. The lowest BCUT2D eigenvalue weighted by Gasteiger charge is -2.22. The van der Waals surface area contributed by atoms with Crippen molar-refractivity contribution in [3.8, 4) is 0 Å². The third kappa shape index (κ3) is 5.60. The van der Waals surface area contributed by atoms with Crippen LogP contribution in [-0.2, 0) is 4.79 Å². The number of nitrogens with one attached hydrogen (secondary N) is 2. The average Bonchev–Trinajstić information content (AvgIpc) is 3.01. The number of anilines is 1. The molecule has 28 heavy (non-hydrogen) atoms. The molecular weight excluding hydrogens is 374 g/mol. The maximum Gasteiger partial charge on any atom is 0.271 e. The Bertz CT molecular complexity index is 841. The molecule has 0 aliphatic carbocycles. The van der Waals surface area contributed by atoms with Gasteiger partial charge in [-0.2, -0.15) is 0 Å². The van der Waals surface area contributed by atoms with E-state index in [0.29, 0.717) is 10.6 Å². The Kier molecular flexibility index (Phi) is 7.09. The molecule has 0 radical (unpaired) electrons. The summed E-state index contributed by atoms with van der Waals surface area (Å²) < 4.78 is 0. The van der Waals surface area contributed by atoms with Crippen molar-refractivity contribution in [2.24, 2.45) is 0 Å². The number of carbonyl (C=O) groups excluding carboxylic acids is 2. The molecule has 0 unspecified atom stereocenters. The molecule has 6 heteroatoms. The van der Waals surface area contributed by atoms with Crippen LogP contribution >= 0.6 is 11.6 Å². The minimum Gasteiger partial charge on any atom is -0.372 e. The van der Waals surface area contributed by atoms with E-state index in [1.165, 1.54) is 37.4 Å². The molecule has 5 nitrogen and oxygen atoms in total. The SMILES string of the molecule is O=C(/C=C/c1ccc(N2CCCCCC2)cc1)NNC(=O)c1ccccc1Cl. The molecule has 0 aromatic heterocycles. The third-order valence-corrected chi connectivity index (χ3v) is 5.04. The Morgan fingerprint density at radius 3 is 2.25 bits per heavy atom. The second-order valence-corrected chi connectivity index (χ2v) is 7.16. The third-order valence-electron chi connectivity index (χ3n) is 4.71. The van der Waals surface area contributed by atoms with Gasteiger partial charge < -0.3 is 4.90 Å². The van der Waals surface area contributed by atoms with E-state index in [1.807, 2.05) is 12.1 Å². The van der Waals surface area contributed by atoms with E-state index >= 15 is 0 Å². The number of benzene rings is 2. The number of nitrogens with zero attached hydrogens (tertiary/aromatic N) is 1. The van der Waals surface area contributed by atoms with Crippen LogP contribution < -0.4 is 15.8 Å². The van der Waals surface area contributed by atoms with Crippen LogP contribution in [0.2, 0.25) is 5.02 Å². The Balaban J connectivity index is 1.51. The van der Waals surface area contributed by atoms with E-state index in [4.69, 9.17) is 11.6 Å². The molecule has 0 saturated carbocycles. The molecule has 2 aromatic carbocycles. The van der Waals surface area contributed by atoms with Gasteiger partial charge in [-0.1, -0.05) is 48.7 Å². The van der Waals surface area contributed by atoms with Gasteiger partial charge >= 0.3 is 0 Å². The molecule has 2 aromatic rings. The monoisotopic (exact) mass is 397 g/mol. The number of carbonyl (C=O) groups is 2. The maximum absolute atomic E-state index is 12.0. The van der Waals surface area contributed by atoms with Gasteiger partial charge in [0.15, 0.2) is 0 Å². The van der Waals surface area contributed by atoms with Crippen molar-refractivity contribution in [1.82, 2.24) is 10.9 Å². The van der Waals surface area contributed by atoms with Crippen LogP contribution in [0, 0.1) is 0 Å². The van der Waals surface area contributed by atoms with E-state index in [9.17, 15) is 9.59 Å². The van der Waals surface area contributed by atoms with Gasteiger partial charge in [0.25, 0.3) is 11.8 Å². The lowest BCUT2D eigenvalue weighted by atomic mass is 10.1. The van der Waals surface area contributed by atoms with Gasteiger partial charge in [0, 0.05) is 24.9 Å². The summed E-state index contributed by atoms with van der Waals surface area (Å²) in [5.41, 5.74) is 7.15. The molecule has 0 atom stereocenters. The maximum atomic E-state index is 12.0. The zero-order valence-corrected chi connectivity index (χ0v) is 16.4. The van der Waals surface area contributed by atoms with E-state index in [1.54, 1.807) is 30.3 Å². The molecule has 2 amide bonds. The zero-order chi connectivity index (χ0) is 19.8. The standard InChI is InChI=1S/C22H24ClN3O2/c23-20-8-4-3-7-19(20)22(28)25-24-21(27)14-11-17-9-12-18(13-10-17)26-15-5-1-2-6-16-26/h3-4,7-14H,1-2,5-6,15-16H2,(H,24,27)(H,25,28)/b14-11+. The average molecular weight is 398 g/mol. The second kappa shape index (κ2) is 9.95. The van der Waals surface area contributed by atoms with Crippen LogP contribution in [-0.4, -0.2) is 24.9 Å². The van der Waals surface area contributed by atoms with Crippen molar-refractivity contribution < 1.29 is 9.59 Å². The van der Waals surface area contributed by atoms with Gasteiger partial charge in [-0.05, 0) is 48.7 Å². The van der Waals surface area contributed by atoms with Gasteiger partial charge in [0.2, 0.25) is 0 Å². The van der Waals surface area contributed by atoms with Crippen LogP contribution in [0.15, 0.2) is 54.6 Å². The minimum atomic E-state index is -0.464. The Labute approximate surface area is 170 Å². The van der Waals surface area contributed by atoms with Crippen molar-refractivity contribution >= 4 is 35.2 Å². The number of amides is 2. The van der Waals surface area contributed by atoms with Crippen LogP contribution in [0.4, 0.5) is 5.69 Å². The van der Waals surface area contributed by atoms with Crippen LogP contribution in [0.25, 0.3) is 6.08 Å². The summed E-state index contributed by atoms with van der Waals surface area (Å²) >= 11 is 5.96. The van der Waals surface area contributed by atoms with Crippen LogP contribution in [0.1, 0.15) is 41.6 Å². The highest BCUT2D eigenvalue weighted by Crippen LogP contribution is 2.20. The summed E-state index contributed by atoms with van der Waals surface area (Å²) in [6.45, 7) is 2.20. The molecule has 1 aliphatic rings. The highest BCUT2D eigenvalue weighted by Gasteiger charge is 2.10. The lowest BCUT2D eigenvalue weighted by Crippen LogP contribution is -2.40. The van der Waals surface area contributed by atoms with Gasteiger partial charge in [-0.15, -0.1) is 0 Å². The zero-order valence-electron chi connectivity index (χ0n) is 15.7. The normalized spacial score (nSPS) is 14.5. The topological polar surface area (TPSA) is 61.4 Å². The van der Waals surface area contributed by atoms with Gasteiger partial charge in [0.1, 0.15) is 0 Å². The van der Waals surface area contributed by atoms with Crippen molar-refractivity contribution in [2.45, 2.75) is 25.7 Å². The Morgan fingerprint density at radius 1 is 0.893 bits per heavy atom. The fourth-order valence-corrected chi connectivity index (χ4v) is 3.39. The smallest absolute Gasteiger partial charge is 0.271 e. The Hall–Kier alpha value is -2.79. The molecule has 1 aliphatic heterocycles. The van der Waals surface area contributed by atoms with Crippen molar-refractivity contribution in [3.05, 3.63) is 70.8 Å². The van der Waals surface area contributed by atoms with Crippen molar-refractivity contribution in [2.75, 3.05) is 18.0 Å². The highest BCUT2D eigenvalue weighted by molar-refractivity contribution is 6.33. The quantitative estimate of drug-likeness (QED) is 0.600. The van der Waals surface area contributed by atoms with Crippen molar-refractivity contribution in [3.63, 3.8) is 0 Å². The van der Waals surface area contributed by atoms with Gasteiger partial charge in [-0.25, -0.2) is 0 Å². The summed E-state index contributed by atoms with van der Waals surface area (Å²) in [6, 6.07) is 14.8. The number of hydrogen-bond acceptors (Lipinski definition) is 3. The molecule has 1 heterocycles. The largest absolute Gasteiger partial charge is 0.372 e. The fraction of sp³-hybridized carbons (Fsp3) is 0.273. The summed E-state index contributed by atoms with van der Waals surface area (Å²) in [4.78, 5) is 26.4. The molecule has 146 valence electrons. The fourth-order valence-electron chi connectivity index (χ4n) is 3.17. The number of hydrazine groups is 1. The van der Waals surface area contributed by atoms with E-state index in [-0.39, 0.29) is 0 Å². The summed E-state index contributed by atoms with van der Waals surface area (Å²) in [5.74, 6) is -0.883. The van der Waals surface area contributed by atoms with Crippen LogP contribution in [0.3, 0.4) is 0 Å². The van der Waals surface area contributed by atoms with E-state index in [0.717, 1.165) is 18.7 Å². The van der Waals surface area contributed by atoms with E-state index in [2.05, 4.69) is 27.9 Å². The molecule has 2 N–H and O–H groups in total. The minimum absolute atomic E-state index is 0.303. The number of rotatable bonds is 4. The lowest BCUT2D eigenvalue weighted by molar-refractivity contribution is -0.117. The Morgan fingerprint density at radius 2 is 1.57 bits per heavy atom. The predicted molar refractivity (Wildman–Crippen MR) is 113 cm³/mol. The summed E-state index contributed by atoms with van der Waals surface area (Å²) in [5, 5.41) is 0.328. The molecular formula is C22H24ClN3O2. The summed E-state index contributed by atoms with van der Waals surface area (Å²) in [7, 11) is 0. The highest BCUT2D eigenvalue weighted by atomic mass is 35.5. The molecule has 3 rings (SSSR count). The first-order chi connectivity index (χ1) is 13.6. The van der Waals surface area contributed by atoms with Gasteiger partial charge in [0.05, 0.1) is 10.6 Å². The van der Waals surface area contributed by atoms with Crippen molar-refractivity contribution in [1.29, 1.82) is 0 Å². The molecule has 0 spiro atoms. The number of hydrogen-bond donors (Lipinski definition) is 2. The first kappa shape index (κ1) is 20.0. The molecule has 1 saturated heterocycles. The van der Waals surface area contributed by atoms with Crippen LogP contribution in [0.5, 0.6) is 0 Å². The first-order valence-corrected chi connectivity index (χ1v) is 9.89. The molecule has 0 bridgehead atoms. The van der Waals surface area contributed by atoms with E-state index < -0.39 is 11.8 Å². The molecule has 1 fully saturated rings. The van der Waals surface area contributed by atoms with Gasteiger partial charge in [-0.3, -0.25) is 20.4 Å². The first-order valence-electron chi connectivity index (χ1n) is 9.51. The summed E-state index contributed by atoms with van der Waals surface area (Å²) in [6.07, 6.45) is 8.18. The predicted octanol–water partition coefficient (Wildman–Crippen LogP) is 4.19.